The van der Waals surface area contributed by atoms with Crippen LogP contribution < -0.4 is 10.9 Å². The molecule has 1 aliphatic heterocycles. The van der Waals surface area contributed by atoms with Crippen molar-refractivity contribution in [2.45, 2.75) is 56.3 Å². The van der Waals surface area contributed by atoms with Gasteiger partial charge in [0.2, 0.25) is 5.91 Å². The highest BCUT2D eigenvalue weighted by atomic mass is 32.2. The third-order valence-electron chi connectivity index (χ3n) is 5.49. The number of amides is 1. The van der Waals surface area contributed by atoms with E-state index in [1.807, 2.05) is 0 Å². The number of fused-ring (bicyclic) bond motifs is 3. The van der Waals surface area contributed by atoms with Crippen molar-refractivity contribution in [3.05, 3.63) is 33.1 Å². The zero-order valence-corrected chi connectivity index (χ0v) is 18.0. The van der Waals surface area contributed by atoms with E-state index >= 15 is 0 Å². The van der Waals surface area contributed by atoms with Gasteiger partial charge in [0.05, 0.1) is 23.8 Å². The second kappa shape index (κ2) is 8.52. The van der Waals surface area contributed by atoms with Gasteiger partial charge in [-0.1, -0.05) is 16.9 Å². The van der Waals surface area contributed by atoms with Gasteiger partial charge in [0.15, 0.2) is 11.0 Å². The van der Waals surface area contributed by atoms with Gasteiger partial charge in [0.1, 0.15) is 11.1 Å². The van der Waals surface area contributed by atoms with Crippen LogP contribution >= 0.6 is 23.1 Å². The van der Waals surface area contributed by atoms with Gasteiger partial charge in [-0.3, -0.25) is 14.2 Å². The van der Waals surface area contributed by atoms with Crippen LogP contribution in [0.25, 0.3) is 10.2 Å². The maximum absolute atomic E-state index is 13.5. The first-order chi connectivity index (χ1) is 14.7. The number of nitrogens with one attached hydrogen (secondary N) is 1. The Hall–Kier alpha value is -2.17. The van der Waals surface area contributed by atoms with Crippen molar-refractivity contribution in [2.24, 2.45) is 0 Å². The summed E-state index contributed by atoms with van der Waals surface area (Å²) < 4.78 is 12.2. The average molecular weight is 447 g/mol. The minimum Gasteiger partial charge on any atom is -0.376 e. The normalized spacial score (nSPS) is 18.6. The first-order valence-corrected chi connectivity index (χ1v) is 12.0. The van der Waals surface area contributed by atoms with Crippen LogP contribution in [0.15, 0.2) is 26.8 Å². The van der Waals surface area contributed by atoms with Crippen LogP contribution in [0.2, 0.25) is 0 Å². The lowest BCUT2D eigenvalue weighted by atomic mass is 9.97. The molecule has 30 heavy (non-hydrogen) atoms. The van der Waals surface area contributed by atoms with E-state index < -0.39 is 0 Å². The van der Waals surface area contributed by atoms with Crippen molar-refractivity contribution in [1.82, 2.24) is 14.7 Å². The maximum atomic E-state index is 13.5. The van der Waals surface area contributed by atoms with E-state index in [2.05, 4.69) is 10.5 Å². The average Bonchev–Trinajstić information content (AvgIpc) is 3.49. The topological polar surface area (TPSA) is 99.2 Å². The lowest BCUT2D eigenvalue weighted by molar-refractivity contribution is -0.113. The maximum Gasteiger partial charge on any atom is 0.263 e. The number of thioether (sulfide) groups is 1. The van der Waals surface area contributed by atoms with Crippen molar-refractivity contribution in [3.63, 3.8) is 0 Å². The van der Waals surface area contributed by atoms with E-state index in [0.29, 0.717) is 17.5 Å². The zero-order valence-electron chi connectivity index (χ0n) is 16.4. The van der Waals surface area contributed by atoms with Crippen LogP contribution in [0.3, 0.4) is 0 Å². The predicted molar refractivity (Wildman–Crippen MR) is 115 cm³/mol. The Labute approximate surface area is 181 Å². The molecule has 0 saturated carbocycles. The van der Waals surface area contributed by atoms with Crippen molar-refractivity contribution in [2.75, 3.05) is 17.7 Å². The zero-order chi connectivity index (χ0) is 20.5. The van der Waals surface area contributed by atoms with Crippen LogP contribution in [0, 0.1) is 0 Å². The monoisotopic (exact) mass is 446 g/mol. The summed E-state index contributed by atoms with van der Waals surface area (Å²) in [6.45, 7) is 1.20. The smallest absolute Gasteiger partial charge is 0.263 e. The fraction of sp³-hybridized carbons (Fsp3) is 0.500. The first-order valence-electron chi connectivity index (χ1n) is 10.2. The molecule has 3 aromatic heterocycles. The molecule has 1 N–H and O–H groups in total. The molecule has 2 aliphatic rings. The number of aryl methyl sites for hydroxylation is 2. The Kier molecular flexibility index (Phi) is 5.62. The summed E-state index contributed by atoms with van der Waals surface area (Å²) in [6, 6.07) is 1.58. The Morgan fingerprint density at radius 3 is 3.03 bits per heavy atom. The summed E-state index contributed by atoms with van der Waals surface area (Å²) in [7, 11) is 0. The number of carbonyl (C=O) groups excluding carboxylic acids is 1. The third kappa shape index (κ3) is 3.91. The molecule has 4 heterocycles. The number of hydrogen-bond acceptors (Lipinski definition) is 8. The summed E-state index contributed by atoms with van der Waals surface area (Å²) >= 11 is 2.89. The number of rotatable bonds is 6. The second-order valence-electron chi connectivity index (χ2n) is 7.56. The van der Waals surface area contributed by atoms with Gasteiger partial charge in [-0.05, 0) is 44.1 Å². The lowest BCUT2D eigenvalue weighted by Crippen LogP contribution is -2.29. The van der Waals surface area contributed by atoms with Gasteiger partial charge in [-0.25, -0.2) is 4.98 Å². The molecular weight excluding hydrogens is 424 g/mol. The number of nitrogens with zero attached hydrogens (tertiary/aromatic N) is 3. The molecule has 1 saturated heterocycles. The van der Waals surface area contributed by atoms with Crippen LogP contribution in [0.4, 0.5) is 5.82 Å². The molecule has 158 valence electrons. The molecule has 1 aliphatic carbocycles. The number of aromatic nitrogens is 3. The fourth-order valence-corrected chi connectivity index (χ4v) is 6.18. The van der Waals surface area contributed by atoms with Crippen LogP contribution in [-0.4, -0.2) is 39.1 Å². The minimum atomic E-state index is -0.225. The molecule has 5 rings (SSSR count). The van der Waals surface area contributed by atoms with Crippen molar-refractivity contribution >= 4 is 45.0 Å². The van der Waals surface area contributed by atoms with E-state index in [4.69, 9.17) is 14.2 Å². The number of thiophene rings is 1. The van der Waals surface area contributed by atoms with Gasteiger partial charge in [0.25, 0.3) is 5.56 Å². The molecule has 1 amide bonds. The van der Waals surface area contributed by atoms with Gasteiger partial charge in [-0.15, -0.1) is 11.3 Å². The van der Waals surface area contributed by atoms with E-state index in [0.717, 1.165) is 55.3 Å². The molecule has 1 unspecified atom stereocenters. The molecule has 1 fully saturated rings. The summed E-state index contributed by atoms with van der Waals surface area (Å²) in [5.74, 6) is 0.269. The number of ether oxygens (including phenoxy) is 1. The van der Waals surface area contributed by atoms with Gasteiger partial charge in [0, 0.05) is 17.6 Å². The summed E-state index contributed by atoms with van der Waals surface area (Å²) in [6.07, 6.45) is 7.59. The molecule has 8 nitrogen and oxygen atoms in total. The number of anilines is 1. The predicted octanol–water partition coefficient (Wildman–Crippen LogP) is 3.23. The van der Waals surface area contributed by atoms with Gasteiger partial charge >= 0.3 is 0 Å². The van der Waals surface area contributed by atoms with Crippen LogP contribution in [-0.2, 0) is 28.9 Å². The fourth-order valence-electron chi connectivity index (χ4n) is 4.07. The van der Waals surface area contributed by atoms with E-state index in [1.54, 1.807) is 22.0 Å². The number of carbonyl (C=O) groups is 1. The standard InChI is InChI=1S/C20H22N4O4S2/c25-16(21-15-7-9-28-23-15)11-29-20-22-18-17(13-5-1-2-6-14(13)30-18)19(26)24(20)10-12-4-3-8-27-12/h7,9,12H,1-6,8,10-11H2,(H,21,23,25). The molecule has 0 spiro atoms. The highest BCUT2D eigenvalue weighted by Crippen LogP contribution is 2.35. The van der Waals surface area contributed by atoms with Gasteiger partial charge < -0.3 is 14.6 Å². The molecule has 10 heteroatoms. The second-order valence-corrected chi connectivity index (χ2v) is 9.58. The highest BCUT2D eigenvalue weighted by molar-refractivity contribution is 7.99. The highest BCUT2D eigenvalue weighted by Gasteiger charge is 2.25. The van der Waals surface area contributed by atoms with Crippen LogP contribution in [0.5, 0.6) is 0 Å². The summed E-state index contributed by atoms with van der Waals surface area (Å²) in [4.78, 5) is 32.7. The quantitative estimate of drug-likeness (QED) is 0.458. The molecule has 0 bridgehead atoms. The van der Waals surface area contributed by atoms with Crippen LogP contribution in [0.1, 0.15) is 36.1 Å². The van der Waals surface area contributed by atoms with E-state index in [-0.39, 0.29) is 23.3 Å². The van der Waals surface area contributed by atoms with Gasteiger partial charge in [-0.2, -0.15) is 0 Å². The first kappa shape index (κ1) is 19.8. The molecule has 0 radical (unpaired) electrons. The van der Waals surface area contributed by atoms with Crippen molar-refractivity contribution in [3.8, 4) is 0 Å². The molecule has 3 aromatic rings. The number of hydrogen-bond donors (Lipinski definition) is 1. The van der Waals surface area contributed by atoms with E-state index in [1.165, 1.54) is 28.5 Å². The minimum absolute atomic E-state index is 0.00527. The summed E-state index contributed by atoms with van der Waals surface area (Å²) in [5, 5.41) is 7.70. The largest absolute Gasteiger partial charge is 0.376 e. The Bertz CT molecular complexity index is 1120. The molecular formula is C20H22N4O4S2. The third-order valence-corrected chi connectivity index (χ3v) is 7.65. The Morgan fingerprint density at radius 1 is 1.33 bits per heavy atom. The Balaban J connectivity index is 1.46. The van der Waals surface area contributed by atoms with E-state index in [9.17, 15) is 9.59 Å². The van der Waals surface area contributed by atoms with Crippen molar-refractivity contribution in [1.29, 1.82) is 0 Å². The molecule has 1 atom stereocenters. The molecule has 0 aromatic carbocycles. The lowest BCUT2D eigenvalue weighted by Gasteiger charge is -2.16. The SMILES string of the molecule is O=C(CSc1nc2sc3c(c2c(=O)n1CC1CCCO1)CCCC3)Nc1ccon1. The van der Waals surface area contributed by atoms with Crippen molar-refractivity contribution < 1.29 is 14.1 Å². The summed E-state index contributed by atoms with van der Waals surface area (Å²) in [5.41, 5.74) is 1.18. The Morgan fingerprint density at radius 2 is 2.23 bits per heavy atom.